The lowest BCUT2D eigenvalue weighted by molar-refractivity contribution is -0.140. The molecule has 0 spiro atoms. The fourth-order valence-electron chi connectivity index (χ4n) is 4.45. The second-order valence-electron chi connectivity index (χ2n) is 8.60. The predicted octanol–water partition coefficient (Wildman–Crippen LogP) is 4.72. The number of aliphatic hydroxyl groups excluding tert-OH is 1. The van der Waals surface area contributed by atoms with E-state index in [1.807, 2.05) is 32.0 Å². The average molecular weight is 493 g/mol. The highest BCUT2D eigenvalue weighted by molar-refractivity contribution is 6.46. The Balaban J connectivity index is 2.08. The minimum atomic E-state index is -0.708. The van der Waals surface area contributed by atoms with Gasteiger partial charge in [0.2, 0.25) is 0 Å². The first-order valence-corrected chi connectivity index (χ1v) is 12.4. The molecule has 0 aliphatic carbocycles. The van der Waals surface area contributed by atoms with Gasteiger partial charge in [-0.15, -0.1) is 0 Å². The average Bonchev–Trinajstić information content (AvgIpc) is 3.13. The number of hydrogen-bond acceptors (Lipinski definition) is 6. The Kier molecular flexibility index (Phi) is 9.31. The molecular formula is C29H36N2O5. The van der Waals surface area contributed by atoms with Crippen molar-refractivity contribution < 1.29 is 24.2 Å². The normalized spacial score (nSPS) is 17.0. The molecule has 0 bridgehead atoms. The van der Waals surface area contributed by atoms with Gasteiger partial charge in [0.05, 0.1) is 18.2 Å². The summed E-state index contributed by atoms with van der Waals surface area (Å²) in [5.74, 6) is -0.142. The summed E-state index contributed by atoms with van der Waals surface area (Å²) in [4.78, 5) is 30.3. The van der Waals surface area contributed by atoms with E-state index in [2.05, 4.69) is 25.3 Å². The maximum Gasteiger partial charge on any atom is 0.295 e. The Morgan fingerprint density at radius 1 is 1.06 bits per heavy atom. The third-order valence-corrected chi connectivity index (χ3v) is 6.42. The topological polar surface area (TPSA) is 79.3 Å². The summed E-state index contributed by atoms with van der Waals surface area (Å²) in [5.41, 5.74) is 2.06. The number of hydrogen-bond donors (Lipinski definition) is 1. The molecule has 1 N–H and O–H groups in total. The van der Waals surface area contributed by atoms with Crippen molar-refractivity contribution in [1.29, 1.82) is 0 Å². The van der Waals surface area contributed by atoms with Crippen LogP contribution in [-0.2, 0) is 9.59 Å². The van der Waals surface area contributed by atoms with E-state index in [9.17, 15) is 14.7 Å². The first-order chi connectivity index (χ1) is 17.4. The third kappa shape index (κ3) is 5.79. The van der Waals surface area contributed by atoms with Gasteiger partial charge in [-0.2, -0.15) is 0 Å². The molecular weight excluding hydrogens is 456 g/mol. The molecule has 36 heavy (non-hydrogen) atoms. The number of rotatable bonds is 12. The van der Waals surface area contributed by atoms with E-state index >= 15 is 0 Å². The number of benzene rings is 2. The quantitative estimate of drug-likeness (QED) is 0.200. The first-order valence-electron chi connectivity index (χ1n) is 12.4. The minimum absolute atomic E-state index is 0.0894. The number of ketones is 1. The number of likely N-dealkylation sites (N-methyl/N-ethyl adjacent to an activating group) is 1. The van der Waals surface area contributed by atoms with Crippen molar-refractivity contribution in [3.05, 3.63) is 77.4 Å². The van der Waals surface area contributed by atoms with Crippen molar-refractivity contribution in [2.45, 2.75) is 33.7 Å². The molecule has 0 saturated carbocycles. The smallest absolute Gasteiger partial charge is 0.295 e. The zero-order valence-electron chi connectivity index (χ0n) is 21.6. The number of nitrogens with zero attached hydrogens (tertiary/aromatic N) is 2. The number of carbonyl (C=O) groups is 2. The maximum absolute atomic E-state index is 13.3. The van der Waals surface area contributed by atoms with Crippen LogP contribution in [0.3, 0.4) is 0 Å². The summed E-state index contributed by atoms with van der Waals surface area (Å²) in [6.45, 7) is 15.1. The van der Waals surface area contributed by atoms with Crippen LogP contribution in [0.25, 0.3) is 5.76 Å². The lowest BCUT2D eigenvalue weighted by atomic mass is 9.94. The summed E-state index contributed by atoms with van der Waals surface area (Å²) in [5, 5.41) is 11.4. The number of amides is 1. The molecule has 1 fully saturated rings. The Labute approximate surface area is 213 Å². The largest absolute Gasteiger partial charge is 0.507 e. The molecule has 1 heterocycles. The fraction of sp³-hybridized carbons (Fsp3) is 0.379. The van der Waals surface area contributed by atoms with Crippen LogP contribution in [0.4, 0.5) is 0 Å². The van der Waals surface area contributed by atoms with E-state index in [0.29, 0.717) is 43.4 Å². The van der Waals surface area contributed by atoms with Crippen molar-refractivity contribution in [2.24, 2.45) is 0 Å². The molecule has 1 atom stereocenters. The van der Waals surface area contributed by atoms with Crippen LogP contribution >= 0.6 is 0 Å². The lowest BCUT2D eigenvalue weighted by Crippen LogP contribution is -2.38. The SMILES string of the molecule is C=CCOc1ccc(C2/C(=C(\O)c3ccc(OCC)cc3C)C(=O)C(=O)N2CCN(CC)CC)cc1. The van der Waals surface area contributed by atoms with Crippen LogP contribution in [0, 0.1) is 6.92 Å². The molecule has 1 saturated heterocycles. The molecule has 1 amide bonds. The third-order valence-electron chi connectivity index (χ3n) is 6.42. The van der Waals surface area contributed by atoms with Gasteiger partial charge in [-0.05, 0) is 68.4 Å². The van der Waals surface area contributed by atoms with Crippen molar-refractivity contribution in [3.63, 3.8) is 0 Å². The zero-order chi connectivity index (χ0) is 26.2. The van der Waals surface area contributed by atoms with E-state index in [4.69, 9.17) is 9.47 Å². The highest BCUT2D eigenvalue weighted by Crippen LogP contribution is 2.40. The molecule has 7 heteroatoms. The van der Waals surface area contributed by atoms with Gasteiger partial charge in [0.1, 0.15) is 23.9 Å². The van der Waals surface area contributed by atoms with Gasteiger partial charge in [0.15, 0.2) is 0 Å². The van der Waals surface area contributed by atoms with Crippen molar-refractivity contribution in [1.82, 2.24) is 9.80 Å². The van der Waals surface area contributed by atoms with Crippen LogP contribution in [0.1, 0.15) is 43.5 Å². The van der Waals surface area contributed by atoms with Crippen molar-refractivity contribution in [2.75, 3.05) is 39.4 Å². The summed E-state index contributed by atoms with van der Waals surface area (Å²) in [6.07, 6.45) is 1.66. The maximum atomic E-state index is 13.3. The van der Waals surface area contributed by atoms with Crippen LogP contribution in [0.2, 0.25) is 0 Å². The molecule has 1 aliphatic heterocycles. The Morgan fingerprint density at radius 3 is 2.31 bits per heavy atom. The molecule has 7 nitrogen and oxygen atoms in total. The van der Waals surface area contributed by atoms with Gasteiger partial charge in [-0.3, -0.25) is 9.59 Å². The van der Waals surface area contributed by atoms with Crippen LogP contribution in [0.15, 0.2) is 60.7 Å². The highest BCUT2D eigenvalue weighted by atomic mass is 16.5. The predicted molar refractivity (Wildman–Crippen MR) is 141 cm³/mol. The number of aryl methyl sites for hydroxylation is 1. The molecule has 3 rings (SSSR count). The molecule has 0 aromatic heterocycles. The molecule has 1 unspecified atom stereocenters. The molecule has 1 aliphatic rings. The molecule has 2 aromatic carbocycles. The second kappa shape index (κ2) is 12.4. The molecule has 2 aromatic rings. The van der Waals surface area contributed by atoms with Crippen LogP contribution in [-0.4, -0.2) is 66.0 Å². The van der Waals surface area contributed by atoms with Gasteiger partial charge < -0.3 is 24.4 Å². The fourth-order valence-corrected chi connectivity index (χ4v) is 4.45. The molecule has 192 valence electrons. The number of ether oxygens (including phenoxy) is 2. The number of aliphatic hydroxyl groups is 1. The van der Waals surface area contributed by atoms with Crippen molar-refractivity contribution >= 4 is 17.4 Å². The lowest BCUT2D eigenvalue weighted by Gasteiger charge is -2.28. The highest BCUT2D eigenvalue weighted by Gasteiger charge is 2.46. The van der Waals surface area contributed by atoms with E-state index in [0.717, 1.165) is 24.2 Å². The Morgan fingerprint density at radius 2 is 1.72 bits per heavy atom. The minimum Gasteiger partial charge on any atom is -0.507 e. The second-order valence-corrected chi connectivity index (χ2v) is 8.60. The van der Waals surface area contributed by atoms with E-state index < -0.39 is 17.7 Å². The molecule has 0 radical (unpaired) electrons. The van der Waals surface area contributed by atoms with Gasteiger partial charge >= 0.3 is 0 Å². The number of Topliss-reactive ketones (excluding diaryl/α,β-unsaturated/α-hetero) is 1. The zero-order valence-corrected chi connectivity index (χ0v) is 21.6. The van der Waals surface area contributed by atoms with Gasteiger partial charge in [0, 0.05) is 18.7 Å². The first kappa shape index (κ1) is 27.0. The van der Waals surface area contributed by atoms with Gasteiger partial charge in [0.25, 0.3) is 11.7 Å². The van der Waals surface area contributed by atoms with Gasteiger partial charge in [-0.1, -0.05) is 38.6 Å². The van der Waals surface area contributed by atoms with E-state index in [1.54, 1.807) is 35.2 Å². The van der Waals surface area contributed by atoms with E-state index in [-0.39, 0.29) is 11.3 Å². The van der Waals surface area contributed by atoms with Gasteiger partial charge in [-0.25, -0.2) is 0 Å². The van der Waals surface area contributed by atoms with E-state index in [1.165, 1.54) is 0 Å². The number of carbonyl (C=O) groups excluding carboxylic acids is 2. The summed E-state index contributed by atoms with van der Waals surface area (Å²) in [6, 6.07) is 11.8. The van der Waals surface area contributed by atoms with Crippen molar-refractivity contribution in [3.8, 4) is 11.5 Å². The summed E-state index contributed by atoms with van der Waals surface area (Å²) < 4.78 is 11.2. The Hall–Kier alpha value is -3.58. The standard InChI is InChI=1S/C29H36N2O5/c1-6-18-36-22-12-10-21(11-13-22)26-25(27(32)24-15-14-23(35-9-4)19-20(24)5)28(33)29(34)31(26)17-16-30(7-2)8-3/h6,10-15,19,26,32H,1,7-9,16-18H2,2-5H3/b27-25+. The monoisotopic (exact) mass is 492 g/mol. The summed E-state index contributed by atoms with van der Waals surface area (Å²) >= 11 is 0. The Bertz CT molecular complexity index is 1120. The van der Waals surface area contributed by atoms with Crippen LogP contribution in [0.5, 0.6) is 11.5 Å². The van der Waals surface area contributed by atoms with Crippen LogP contribution < -0.4 is 9.47 Å². The summed E-state index contributed by atoms with van der Waals surface area (Å²) in [7, 11) is 0. The number of likely N-dealkylation sites (tertiary alicyclic amines) is 1.